The Bertz CT molecular complexity index is 2400. The maximum atomic E-state index is 13.6. The van der Waals surface area contributed by atoms with Crippen molar-refractivity contribution in [2.45, 2.75) is 6.54 Å². The van der Waals surface area contributed by atoms with Crippen LogP contribution in [0.5, 0.6) is 17.4 Å². The van der Waals surface area contributed by atoms with Gasteiger partial charge in [-0.1, -0.05) is 28.1 Å². The number of benzene rings is 3. The number of ether oxygens (including phenoxy) is 2. The molecule has 0 bridgehead atoms. The Hall–Kier alpha value is -6.45. The summed E-state index contributed by atoms with van der Waals surface area (Å²) >= 11 is 3.47. The molecule has 288 valence electrons. The van der Waals surface area contributed by atoms with Crippen molar-refractivity contribution in [2.24, 2.45) is 7.05 Å². The summed E-state index contributed by atoms with van der Waals surface area (Å²) in [6.07, 6.45) is 2.73. The van der Waals surface area contributed by atoms with Gasteiger partial charge in [-0.2, -0.15) is 0 Å². The smallest absolute Gasteiger partial charge is 0.328 e. The van der Waals surface area contributed by atoms with Gasteiger partial charge < -0.3 is 39.0 Å². The van der Waals surface area contributed by atoms with Crippen LogP contribution in [0.15, 0.2) is 108 Å². The number of methoxy groups -OCH3 is 1. The molecule has 0 radical (unpaired) electrons. The normalized spacial score (nSPS) is 13.0. The predicted molar refractivity (Wildman–Crippen MR) is 215 cm³/mol. The van der Waals surface area contributed by atoms with Crippen LogP contribution in [0, 0.1) is 0 Å². The van der Waals surface area contributed by atoms with Gasteiger partial charge in [0.15, 0.2) is 0 Å². The average Bonchev–Trinajstić information content (AvgIpc) is 3.77. The number of aromatic nitrogens is 3. The number of nitrogens with zero attached hydrogens (tertiary/aromatic N) is 5. The second-order valence-electron chi connectivity index (χ2n) is 13.0. The fourth-order valence-corrected chi connectivity index (χ4v) is 6.65. The van der Waals surface area contributed by atoms with Gasteiger partial charge in [0, 0.05) is 91.3 Å². The number of carboxylic acids is 2. The van der Waals surface area contributed by atoms with Gasteiger partial charge >= 0.3 is 11.9 Å². The van der Waals surface area contributed by atoms with Crippen LogP contribution in [0.25, 0.3) is 21.8 Å². The Kier molecular flexibility index (Phi) is 12.2. The number of hydrogen-bond donors (Lipinski definition) is 3. The highest BCUT2D eigenvalue weighted by atomic mass is 79.9. The highest BCUT2D eigenvalue weighted by Gasteiger charge is 2.25. The van der Waals surface area contributed by atoms with Gasteiger partial charge in [-0.25, -0.2) is 14.6 Å². The summed E-state index contributed by atoms with van der Waals surface area (Å²) in [4.78, 5) is 59.3. The second-order valence-corrected chi connectivity index (χ2v) is 13.9. The molecule has 0 unspecified atom stereocenters. The summed E-state index contributed by atoms with van der Waals surface area (Å²) < 4.78 is 14.2. The van der Waals surface area contributed by atoms with E-state index in [4.69, 9.17) is 19.7 Å². The Morgan fingerprint density at radius 3 is 2.20 bits per heavy atom. The molecule has 1 saturated heterocycles. The van der Waals surface area contributed by atoms with Crippen molar-refractivity contribution in [3.63, 3.8) is 0 Å². The van der Waals surface area contributed by atoms with E-state index in [1.54, 1.807) is 37.4 Å². The van der Waals surface area contributed by atoms with E-state index < -0.39 is 11.9 Å². The van der Waals surface area contributed by atoms with E-state index >= 15 is 0 Å². The molecule has 0 atom stereocenters. The lowest BCUT2D eigenvalue weighted by Crippen LogP contribution is -2.48. The fraction of sp³-hybridized carbons (Fsp3) is 0.195. The second kappa shape index (κ2) is 17.3. The Morgan fingerprint density at radius 2 is 1.55 bits per heavy atom. The molecule has 4 heterocycles. The number of aliphatic carboxylic acids is 2. The number of halogens is 1. The summed E-state index contributed by atoms with van der Waals surface area (Å²) in [5.41, 5.74) is 4.83. The van der Waals surface area contributed by atoms with E-state index in [0.29, 0.717) is 53.9 Å². The zero-order valence-corrected chi connectivity index (χ0v) is 32.4. The Balaban J connectivity index is 0.000000601. The molecule has 3 aromatic heterocycles. The molecule has 56 heavy (non-hydrogen) atoms. The van der Waals surface area contributed by atoms with Gasteiger partial charge in [0.25, 0.3) is 11.8 Å². The van der Waals surface area contributed by atoms with Crippen molar-refractivity contribution in [3.05, 3.63) is 125 Å². The van der Waals surface area contributed by atoms with Gasteiger partial charge in [-0.3, -0.25) is 14.5 Å². The SMILES string of the molecule is COc1ccc(CN2CCN(C(=O)c3cc4cc(Oc5ccc(N(C)C(=O)c6cc7cc(Br)ccc7[nH]6)cn5)ccc4n3C)CC2)cc1.O=C(O)C=CC(=O)O. The van der Waals surface area contributed by atoms with Gasteiger partial charge in [0.2, 0.25) is 5.88 Å². The quantitative estimate of drug-likeness (QED) is 0.129. The van der Waals surface area contributed by atoms with Crippen LogP contribution in [-0.2, 0) is 23.2 Å². The first-order valence-electron chi connectivity index (χ1n) is 17.5. The molecule has 3 aromatic carbocycles. The van der Waals surface area contributed by atoms with Crippen LogP contribution >= 0.6 is 15.9 Å². The highest BCUT2D eigenvalue weighted by molar-refractivity contribution is 9.10. The molecule has 0 spiro atoms. The average molecular weight is 824 g/mol. The van der Waals surface area contributed by atoms with Crippen molar-refractivity contribution >= 4 is 67.2 Å². The Labute approximate surface area is 330 Å². The van der Waals surface area contributed by atoms with Crippen LogP contribution in [0.4, 0.5) is 5.69 Å². The predicted octanol–water partition coefficient (Wildman–Crippen LogP) is 6.56. The monoisotopic (exact) mass is 822 g/mol. The number of nitrogens with one attached hydrogen (secondary N) is 1. The van der Waals surface area contributed by atoms with Gasteiger partial charge in [0.05, 0.1) is 19.0 Å². The lowest BCUT2D eigenvalue weighted by Gasteiger charge is -2.34. The van der Waals surface area contributed by atoms with E-state index in [2.05, 4.69) is 42.9 Å². The number of carboxylic acid groups (broad SMARTS) is 2. The largest absolute Gasteiger partial charge is 0.497 e. The molecule has 7 rings (SSSR count). The third-order valence-electron chi connectivity index (χ3n) is 9.27. The number of anilines is 1. The zero-order chi connectivity index (χ0) is 39.9. The molecule has 1 aliphatic heterocycles. The minimum Gasteiger partial charge on any atom is -0.497 e. The summed E-state index contributed by atoms with van der Waals surface area (Å²) in [6.45, 7) is 3.83. The van der Waals surface area contributed by atoms with E-state index in [1.165, 1.54) is 5.56 Å². The number of carbonyl (C=O) groups is 4. The van der Waals surface area contributed by atoms with E-state index in [-0.39, 0.29) is 11.8 Å². The minimum atomic E-state index is -1.26. The number of H-pyrrole nitrogens is 1. The number of piperazine rings is 1. The van der Waals surface area contributed by atoms with E-state index in [1.807, 2.05) is 77.2 Å². The molecule has 3 N–H and O–H groups in total. The summed E-state index contributed by atoms with van der Waals surface area (Å²) in [6, 6.07) is 27.0. The Morgan fingerprint density at radius 1 is 0.857 bits per heavy atom. The summed E-state index contributed by atoms with van der Waals surface area (Å²) in [5, 5.41) is 17.5. The third-order valence-corrected chi connectivity index (χ3v) is 9.77. The molecule has 2 amide bonds. The van der Waals surface area contributed by atoms with Gasteiger partial charge in [0.1, 0.15) is 22.9 Å². The number of pyridine rings is 1. The van der Waals surface area contributed by atoms with Crippen molar-refractivity contribution in [2.75, 3.05) is 45.2 Å². The zero-order valence-electron chi connectivity index (χ0n) is 30.8. The molecular formula is C41H39BrN6O8. The number of aromatic amines is 1. The molecule has 1 aliphatic rings. The first-order valence-corrected chi connectivity index (χ1v) is 18.3. The van der Waals surface area contributed by atoms with Crippen LogP contribution < -0.4 is 14.4 Å². The molecule has 0 saturated carbocycles. The molecular weight excluding hydrogens is 784 g/mol. The minimum absolute atomic E-state index is 0.0245. The van der Waals surface area contributed by atoms with Gasteiger partial charge in [-0.15, -0.1) is 0 Å². The molecule has 14 nitrogen and oxygen atoms in total. The number of carbonyl (C=O) groups excluding carboxylic acids is 2. The molecule has 1 fully saturated rings. The first kappa shape index (κ1) is 39.2. The molecule has 0 aliphatic carbocycles. The van der Waals surface area contributed by atoms with Gasteiger partial charge in [-0.05, 0) is 72.3 Å². The van der Waals surface area contributed by atoms with Crippen molar-refractivity contribution < 1.29 is 38.9 Å². The molecule has 15 heteroatoms. The van der Waals surface area contributed by atoms with Crippen molar-refractivity contribution in [1.82, 2.24) is 24.3 Å². The number of hydrogen-bond acceptors (Lipinski definition) is 8. The highest BCUT2D eigenvalue weighted by Crippen LogP contribution is 2.29. The number of fused-ring (bicyclic) bond motifs is 2. The van der Waals surface area contributed by atoms with Crippen LogP contribution in [0.2, 0.25) is 0 Å². The van der Waals surface area contributed by atoms with Crippen LogP contribution in [0.1, 0.15) is 26.5 Å². The maximum absolute atomic E-state index is 13.6. The van der Waals surface area contributed by atoms with Crippen LogP contribution in [0.3, 0.4) is 0 Å². The lowest BCUT2D eigenvalue weighted by atomic mass is 10.2. The molecule has 6 aromatic rings. The summed E-state index contributed by atoms with van der Waals surface area (Å²) in [5.74, 6) is -0.811. The van der Waals surface area contributed by atoms with Crippen LogP contribution in [-0.4, -0.2) is 98.6 Å². The standard InChI is InChI=1S/C37H35BrN6O4.C4H4O4/c1-41(36(45)32-20-25-18-27(38)6-11-31(25)40-32)28-7-13-35(39-22-28)48-30-10-12-33-26(19-30)21-34(42(33)2)37(46)44-16-14-43(15-17-44)23-24-4-8-29(47-3)9-5-24;5-3(6)1-2-4(7)8/h4-13,18-22,40H,14-17,23H2,1-3H3;1-2H,(H,5,6)(H,7,8). The maximum Gasteiger partial charge on any atom is 0.328 e. The van der Waals surface area contributed by atoms with E-state index in [0.717, 1.165) is 51.7 Å². The van der Waals surface area contributed by atoms with Crippen molar-refractivity contribution in [1.29, 1.82) is 0 Å². The third kappa shape index (κ3) is 9.43. The van der Waals surface area contributed by atoms with Crippen molar-refractivity contribution in [3.8, 4) is 17.4 Å². The number of rotatable bonds is 10. The summed E-state index contributed by atoms with van der Waals surface area (Å²) in [7, 11) is 5.30. The first-order chi connectivity index (χ1) is 26.9. The fourth-order valence-electron chi connectivity index (χ4n) is 6.27. The number of amides is 2. The number of aryl methyl sites for hydroxylation is 1. The van der Waals surface area contributed by atoms with E-state index in [9.17, 15) is 19.2 Å². The lowest BCUT2D eigenvalue weighted by molar-refractivity contribution is -0.134. The topological polar surface area (TPSA) is 171 Å².